The van der Waals surface area contributed by atoms with Crippen LogP contribution in [0.15, 0.2) is 48.5 Å². The maximum absolute atomic E-state index is 11.3. The molecule has 0 saturated carbocycles. The van der Waals surface area contributed by atoms with Crippen LogP contribution in [0.1, 0.15) is 11.1 Å². The topological polar surface area (TPSA) is 69.6 Å². The van der Waals surface area contributed by atoms with Crippen molar-refractivity contribution >= 4 is 11.7 Å². The SMILES string of the molecule is Cc1ccc(NC(Cc2ccc(O)cc2)C(=O)O)cc1. The van der Waals surface area contributed by atoms with Gasteiger partial charge in [-0.3, -0.25) is 0 Å². The molecular weight excluding hydrogens is 254 g/mol. The number of aliphatic carboxylic acids is 1. The van der Waals surface area contributed by atoms with Gasteiger partial charge in [0, 0.05) is 12.1 Å². The zero-order chi connectivity index (χ0) is 14.5. The van der Waals surface area contributed by atoms with Crippen LogP contribution < -0.4 is 5.32 Å². The lowest BCUT2D eigenvalue weighted by Crippen LogP contribution is -2.31. The summed E-state index contributed by atoms with van der Waals surface area (Å²) in [6, 6.07) is 13.4. The van der Waals surface area contributed by atoms with Crippen LogP contribution in [-0.4, -0.2) is 22.2 Å². The molecule has 0 aliphatic heterocycles. The van der Waals surface area contributed by atoms with Crippen molar-refractivity contribution in [2.45, 2.75) is 19.4 Å². The van der Waals surface area contributed by atoms with Gasteiger partial charge in [0.15, 0.2) is 0 Å². The number of hydrogen-bond acceptors (Lipinski definition) is 3. The predicted octanol–water partition coefficient (Wildman–Crippen LogP) is 2.81. The van der Waals surface area contributed by atoms with Gasteiger partial charge in [0.05, 0.1) is 0 Å². The minimum absolute atomic E-state index is 0.173. The third-order valence-electron chi connectivity index (χ3n) is 3.07. The molecule has 0 aliphatic rings. The van der Waals surface area contributed by atoms with Gasteiger partial charge in [-0.25, -0.2) is 4.79 Å². The molecule has 0 saturated heterocycles. The zero-order valence-electron chi connectivity index (χ0n) is 11.2. The lowest BCUT2D eigenvalue weighted by atomic mass is 10.1. The Morgan fingerprint density at radius 2 is 1.70 bits per heavy atom. The molecule has 0 spiro atoms. The first-order valence-corrected chi connectivity index (χ1v) is 6.38. The summed E-state index contributed by atoms with van der Waals surface area (Å²) in [5.41, 5.74) is 2.76. The lowest BCUT2D eigenvalue weighted by molar-refractivity contribution is -0.137. The Balaban J connectivity index is 2.09. The normalized spacial score (nSPS) is 11.8. The number of anilines is 1. The van der Waals surface area contributed by atoms with Crippen LogP contribution in [0.25, 0.3) is 0 Å². The number of carboxylic acid groups (broad SMARTS) is 1. The van der Waals surface area contributed by atoms with E-state index in [0.29, 0.717) is 6.42 Å². The molecule has 0 bridgehead atoms. The molecule has 4 nitrogen and oxygen atoms in total. The molecule has 0 fully saturated rings. The van der Waals surface area contributed by atoms with Crippen LogP contribution in [0.2, 0.25) is 0 Å². The number of nitrogens with one attached hydrogen (secondary N) is 1. The van der Waals surface area contributed by atoms with Crippen LogP contribution in [0.3, 0.4) is 0 Å². The standard InChI is InChI=1S/C16H17NO3/c1-11-2-6-13(7-3-11)17-15(16(19)20)10-12-4-8-14(18)9-5-12/h2-9,15,17-18H,10H2,1H3,(H,19,20). The van der Waals surface area contributed by atoms with E-state index in [1.807, 2.05) is 31.2 Å². The van der Waals surface area contributed by atoms with Gasteiger partial charge < -0.3 is 15.5 Å². The fourth-order valence-electron chi connectivity index (χ4n) is 1.92. The molecule has 0 heterocycles. The van der Waals surface area contributed by atoms with E-state index in [1.54, 1.807) is 24.3 Å². The Labute approximate surface area is 117 Å². The number of phenolic OH excluding ortho intramolecular Hbond substituents is 1. The molecule has 20 heavy (non-hydrogen) atoms. The Kier molecular flexibility index (Phi) is 4.25. The monoisotopic (exact) mass is 271 g/mol. The van der Waals surface area contributed by atoms with Crippen molar-refractivity contribution < 1.29 is 15.0 Å². The van der Waals surface area contributed by atoms with Crippen molar-refractivity contribution in [2.24, 2.45) is 0 Å². The Morgan fingerprint density at radius 3 is 2.25 bits per heavy atom. The highest BCUT2D eigenvalue weighted by Gasteiger charge is 2.17. The minimum Gasteiger partial charge on any atom is -0.508 e. The number of phenols is 1. The Bertz CT molecular complexity index is 528. The fourth-order valence-corrected chi connectivity index (χ4v) is 1.92. The molecule has 1 unspecified atom stereocenters. The summed E-state index contributed by atoms with van der Waals surface area (Å²) < 4.78 is 0. The summed E-state index contributed by atoms with van der Waals surface area (Å²) in [7, 11) is 0. The van der Waals surface area contributed by atoms with E-state index in [2.05, 4.69) is 5.32 Å². The molecule has 2 rings (SSSR count). The average molecular weight is 271 g/mol. The van der Waals surface area contributed by atoms with E-state index in [-0.39, 0.29) is 5.75 Å². The van der Waals surface area contributed by atoms with Gasteiger partial charge in [-0.05, 0) is 36.8 Å². The Morgan fingerprint density at radius 1 is 1.10 bits per heavy atom. The van der Waals surface area contributed by atoms with E-state index in [1.165, 1.54) is 0 Å². The van der Waals surface area contributed by atoms with E-state index < -0.39 is 12.0 Å². The second kappa shape index (κ2) is 6.10. The molecule has 0 amide bonds. The van der Waals surface area contributed by atoms with Crippen LogP contribution in [-0.2, 0) is 11.2 Å². The van der Waals surface area contributed by atoms with Gasteiger partial charge in [-0.1, -0.05) is 29.8 Å². The number of aromatic hydroxyl groups is 1. The van der Waals surface area contributed by atoms with Crippen molar-refractivity contribution in [3.8, 4) is 5.75 Å². The van der Waals surface area contributed by atoms with Crippen molar-refractivity contribution in [3.63, 3.8) is 0 Å². The molecule has 3 N–H and O–H groups in total. The van der Waals surface area contributed by atoms with Crippen LogP contribution in [0.4, 0.5) is 5.69 Å². The highest BCUT2D eigenvalue weighted by molar-refractivity contribution is 5.77. The molecule has 2 aromatic carbocycles. The van der Waals surface area contributed by atoms with E-state index in [4.69, 9.17) is 0 Å². The van der Waals surface area contributed by atoms with Crippen molar-refractivity contribution in [3.05, 3.63) is 59.7 Å². The third-order valence-corrected chi connectivity index (χ3v) is 3.07. The summed E-state index contributed by atoms with van der Waals surface area (Å²) in [5, 5.41) is 21.5. The number of hydrogen-bond donors (Lipinski definition) is 3. The zero-order valence-corrected chi connectivity index (χ0v) is 11.2. The van der Waals surface area contributed by atoms with Gasteiger partial charge in [-0.15, -0.1) is 0 Å². The molecular formula is C16H17NO3. The summed E-state index contributed by atoms with van der Waals surface area (Å²) in [6.07, 6.45) is 0.351. The molecule has 4 heteroatoms. The van der Waals surface area contributed by atoms with Gasteiger partial charge >= 0.3 is 5.97 Å². The number of carboxylic acids is 1. The van der Waals surface area contributed by atoms with Gasteiger partial charge in [0.1, 0.15) is 11.8 Å². The highest BCUT2D eigenvalue weighted by Crippen LogP contribution is 2.15. The van der Waals surface area contributed by atoms with Gasteiger partial charge in [-0.2, -0.15) is 0 Å². The maximum atomic E-state index is 11.3. The number of benzene rings is 2. The first-order valence-electron chi connectivity index (χ1n) is 6.38. The van der Waals surface area contributed by atoms with Crippen molar-refractivity contribution in [1.82, 2.24) is 0 Å². The van der Waals surface area contributed by atoms with Crippen LogP contribution in [0.5, 0.6) is 5.75 Å². The third kappa shape index (κ3) is 3.75. The van der Waals surface area contributed by atoms with E-state index in [9.17, 15) is 15.0 Å². The fraction of sp³-hybridized carbons (Fsp3) is 0.188. The minimum atomic E-state index is -0.904. The predicted molar refractivity (Wildman–Crippen MR) is 78.0 cm³/mol. The second-order valence-corrected chi connectivity index (χ2v) is 4.77. The summed E-state index contributed by atoms with van der Waals surface area (Å²) >= 11 is 0. The number of rotatable bonds is 5. The largest absolute Gasteiger partial charge is 0.508 e. The van der Waals surface area contributed by atoms with Crippen molar-refractivity contribution in [1.29, 1.82) is 0 Å². The molecule has 0 aromatic heterocycles. The quantitative estimate of drug-likeness (QED) is 0.782. The first-order chi connectivity index (χ1) is 9.54. The molecule has 0 radical (unpaired) electrons. The molecule has 104 valence electrons. The van der Waals surface area contributed by atoms with E-state index >= 15 is 0 Å². The molecule has 2 aromatic rings. The number of aryl methyl sites for hydroxylation is 1. The average Bonchev–Trinajstić information content (AvgIpc) is 2.42. The maximum Gasteiger partial charge on any atom is 0.326 e. The van der Waals surface area contributed by atoms with Gasteiger partial charge in [0.2, 0.25) is 0 Å². The van der Waals surface area contributed by atoms with Crippen LogP contribution in [0, 0.1) is 6.92 Å². The lowest BCUT2D eigenvalue weighted by Gasteiger charge is -2.16. The summed E-state index contributed by atoms with van der Waals surface area (Å²) in [6.45, 7) is 1.98. The van der Waals surface area contributed by atoms with Crippen LogP contribution >= 0.6 is 0 Å². The molecule has 1 atom stereocenters. The second-order valence-electron chi connectivity index (χ2n) is 4.77. The van der Waals surface area contributed by atoms with Gasteiger partial charge in [0.25, 0.3) is 0 Å². The highest BCUT2D eigenvalue weighted by atomic mass is 16.4. The molecule has 0 aliphatic carbocycles. The first kappa shape index (κ1) is 13.9. The van der Waals surface area contributed by atoms with E-state index in [0.717, 1.165) is 16.8 Å². The number of carbonyl (C=O) groups is 1. The smallest absolute Gasteiger partial charge is 0.326 e. The summed E-state index contributed by atoms with van der Waals surface area (Å²) in [5.74, 6) is -0.731. The Hall–Kier alpha value is -2.49. The van der Waals surface area contributed by atoms with Crippen molar-refractivity contribution in [2.75, 3.05) is 5.32 Å². The summed E-state index contributed by atoms with van der Waals surface area (Å²) in [4.78, 5) is 11.3.